The number of furan rings is 1. The minimum atomic E-state index is -0.580. The highest BCUT2D eigenvalue weighted by Crippen LogP contribution is 2.23. The van der Waals surface area contributed by atoms with Crippen molar-refractivity contribution in [1.82, 2.24) is 15.1 Å². The second-order valence-electron chi connectivity index (χ2n) is 6.21. The Kier molecular flexibility index (Phi) is 5.62. The molecule has 0 unspecified atom stereocenters. The van der Waals surface area contributed by atoms with Crippen molar-refractivity contribution in [2.45, 2.75) is 26.9 Å². The fourth-order valence-corrected chi connectivity index (χ4v) is 2.76. The quantitative estimate of drug-likeness (QED) is 0.714. The molecule has 0 saturated heterocycles. The van der Waals surface area contributed by atoms with E-state index in [1.807, 2.05) is 18.2 Å². The van der Waals surface area contributed by atoms with Crippen molar-refractivity contribution in [3.63, 3.8) is 0 Å². The maximum absolute atomic E-state index is 12.2. The molecule has 1 aromatic carbocycles. The third kappa shape index (κ3) is 4.13. The number of aryl methyl sites for hydroxylation is 1. The number of nitrogens with zero attached hydrogens (tertiary/aromatic N) is 3. The highest BCUT2D eigenvalue weighted by atomic mass is 35.5. The van der Waals surface area contributed by atoms with Crippen LogP contribution in [0.4, 0.5) is 0 Å². The first kappa shape index (κ1) is 19.4. The molecule has 0 aliphatic rings. The Labute approximate surface area is 166 Å². The van der Waals surface area contributed by atoms with Crippen LogP contribution in [-0.4, -0.2) is 15.7 Å². The number of nitrogens with one attached hydrogen (secondary N) is 1. The van der Waals surface area contributed by atoms with Crippen LogP contribution in [0.3, 0.4) is 0 Å². The van der Waals surface area contributed by atoms with Gasteiger partial charge in [-0.1, -0.05) is 11.6 Å². The maximum Gasteiger partial charge on any atom is 0.285 e. The van der Waals surface area contributed by atoms with Crippen LogP contribution in [-0.2, 0) is 17.9 Å². The minimum absolute atomic E-state index is 0.000981. The second-order valence-corrected chi connectivity index (χ2v) is 6.65. The normalized spacial score (nSPS) is 10.5. The van der Waals surface area contributed by atoms with Crippen LogP contribution in [0, 0.1) is 25.2 Å². The monoisotopic (exact) mass is 396 g/mol. The van der Waals surface area contributed by atoms with Crippen molar-refractivity contribution < 1.29 is 9.21 Å². The van der Waals surface area contributed by atoms with Crippen LogP contribution in [0.5, 0.6) is 0 Å². The van der Waals surface area contributed by atoms with E-state index >= 15 is 0 Å². The molecule has 7 nitrogen and oxygen atoms in total. The number of hydrogen-bond donors (Lipinski definition) is 1. The van der Waals surface area contributed by atoms with Gasteiger partial charge in [-0.3, -0.25) is 9.59 Å². The zero-order valence-electron chi connectivity index (χ0n) is 15.3. The van der Waals surface area contributed by atoms with E-state index in [2.05, 4.69) is 10.4 Å². The molecule has 0 aliphatic carbocycles. The highest BCUT2D eigenvalue weighted by molar-refractivity contribution is 6.30. The number of rotatable bonds is 5. The van der Waals surface area contributed by atoms with E-state index in [9.17, 15) is 9.59 Å². The highest BCUT2D eigenvalue weighted by Gasteiger charge is 2.14. The number of carbonyl (C=O) groups is 1. The molecular weight excluding hydrogens is 380 g/mol. The molecule has 0 radical (unpaired) electrons. The number of nitriles is 1. The summed E-state index contributed by atoms with van der Waals surface area (Å²) in [5.41, 5.74) is 1.34. The molecule has 2 heterocycles. The summed E-state index contributed by atoms with van der Waals surface area (Å²) in [6.07, 6.45) is 0. The van der Waals surface area contributed by atoms with E-state index in [1.165, 1.54) is 0 Å². The summed E-state index contributed by atoms with van der Waals surface area (Å²) < 4.78 is 6.72. The Morgan fingerprint density at radius 2 is 1.96 bits per heavy atom. The predicted molar refractivity (Wildman–Crippen MR) is 104 cm³/mol. The average Bonchev–Trinajstić information content (AvgIpc) is 3.14. The van der Waals surface area contributed by atoms with Gasteiger partial charge in [0.25, 0.3) is 5.56 Å². The summed E-state index contributed by atoms with van der Waals surface area (Å²) >= 11 is 5.88. The van der Waals surface area contributed by atoms with Crippen LogP contribution in [0.1, 0.15) is 22.6 Å². The molecule has 0 fully saturated rings. The molecule has 8 heteroatoms. The summed E-state index contributed by atoms with van der Waals surface area (Å²) in [4.78, 5) is 24.4. The topological polar surface area (TPSA) is 101 Å². The molecule has 3 rings (SSSR count). The van der Waals surface area contributed by atoms with Crippen molar-refractivity contribution in [2.24, 2.45) is 0 Å². The number of halogens is 1. The first-order chi connectivity index (χ1) is 13.4. The van der Waals surface area contributed by atoms with Gasteiger partial charge in [0.15, 0.2) is 0 Å². The summed E-state index contributed by atoms with van der Waals surface area (Å²) in [5, 5.41) is 16.5. The van der Waals surface area contributed by atoms with E-state index in [4.69, 9.17) is 21.3 Å². The molecule has 142 valence electrons. The lowest BCUT2D eigenvalue weighted by Gasteiger charge is -2.09. The van der Waals surface area contributed by atoms with Gasteiger partial charge in [-0.25, -0.2) is 4.68 Å². The summed E-state index contributed by atoms with van der Waals surface area (Å²) in [6, 6.07) is 12.7. The molecule has 1 amide bonds. The van der Waals surface area contributed by atoms with Crippen LogP contribution < -0.4 is 10.9 Å². The van der Waals surface area contributed by atoms with Gasteiger partial charge in [-0.05, 0) is 55.8 Å². The van der Waals surface area contributed by atoms with Crippen molar-refractivity contribution in [3.8, 4) is 17.4 Å². The lowest BCUT2D eigenvalue weighted by atomic mass is 10.1. The van der Waals surface area contributed by atoms with Crippen LogP contribution >= 0.6 is 11.6 Å². The van der Waals surface area contributed by atoms with Gasteiger partial charge in [0.2, 0.25) is 5.91 Å². The van der Waals surface area contributed by atoms with Crippen LogP contribution in [0.15, 0.2) is 45.6 Å². The number of aromatic nitrogens is 2. The third-order valence-corrected chi connectivity index (χ3v) is 4.54. The Morgan fingerprint density at radius 3 is 2.64 bits per heavy atom. The van der Waals surface area contributed by atoms with E-state index in [-0.39, 0.29) is 18.7 Å². The molecule has 0 aliphatic heterocycles. The average molecular weight is 397 g/mol. The smallest absolute Gasteiger partial charge is 0.285 e. The van der Waals surface area contributed by atoms with Gasteiger partial charge < -0.3 is 9.73 Å². The van der Waals surface area contributed by atoms with Gasteiger partial charge >= 0.3 is 0 Å². The lowest BCUT2D eigenvalue weighted by Crippen LogP contribution is -2.35. The van der Waals surface area contributed by atoms with Crippen LogP contribution in [0.25, 0.3) is 11.3 Å². The fourth-order valence-electron chi connectivity index (χ4n) is 2.63. The molecule has 3 aromatic rings. The standard InChI is InChI=1S/C20H17ClN4O3/c1-12-13(2)24-25(20(27)17(12)9-22)11-19(26)23-10-16-7-8-18(28-16)14-3-5-15(21)6-4-14/h3-8H,10-11H2,1-2H3,(H,23,26). The summed E-state index contributed by atoms with van der Waals surface area (Å²) in [7, 11) is 0. The Hall–Kier alpha value is -3.37. The first-order valence-corrected chi connectivity index (χ1v) is 8.86. The van der Waals surface area contributed by atoms with Gasteiger partial charge in [0.05, 0.1) is 12.2 Å². The van der Waals surface area contributed by atoms with Crippen molar-refractivity contribution in [1.29, 1.82) is 5.26 Å². The van der Waals surface area contributed by atoms with E-state index in [0.29, 0.717) is 27.8 Å². The van der Waals surface area contributed by atoms with Crippen molar-refractivity contribution in [2.75, 3.05) is 0 Å². The molecular formula is C20H17ClN4O3. The SMILES string of the molecule is Cc1nn(CC(=O)NCc2ccc(-c3ccc(Cl)cc3)o2)c(=O)c(C#N)c1C. The largest absolute Gasteiger partial charge is 0.459 e. The van der Waals surface area contributed by atoms with E-state index in [0.717, 1.165) is 10.2 Å². The molecule has 2 aromatic heterocycles. The lowest BCUT2D eigenvalue weighted by molar-refractivity contribution is -0.122. The Bertz CT molecular complexity index is 1120. The van der Waals surface area contributed by atoms with Gasteiger partial charge in [0.1, 0.15) is 29.7 Å². The van der Waals surface area contributed by atoms with Gasteiger partial charge in [0, 0.05) is 10.6 Å². The van der Waals surface area contributed by atoms with Crippen molar-refractivity contribution >= 4 is 17.5 Å². The minimum Gasteiger partial charge on any atom is -0.459 e. The van der Waals surface area contributed by atoms with E-state index < -0.39 is 11.5 Å². The predicted octanol–water partition coefficient (Wildman–Crippen LogP) is 2.96. The first-order valence-electron chi connectivity index (χ1n) is 8.49. The van der Waals surface area contributed by atoms with Crippen LogP contribution in [0.2, 0.25) is 5.02 Å². The number of benzene rings is 1. The molecule has 28 heavy (non-hydrogen) atoms. The summed E-state index contributed by atoms with van der Waals surface area (Å²) in [5.74, 6) is 0.814. The van der Waals surface area contributed by atoms with Gasteiger partial charge in [-0.2, -0.15) is 10.4 Å². The Balaban J connectivity index is 1.66. The van der Waals surface area contributed by atoms with Gasteiger partial charge in [-0.15, -0.1) is 0 Å². The zero-order chi connectivity index (χ0) is 20.3. The molecule has 1 N–H and O–H groups in total. The molecule has 0 spiro atoms. The Morgan fingerprint density at radius 1 is 1.25 bits per heavy atom. The maximum atomic E-state index is 12.2. The second kappa shape index (κ2) is 8.11. The number of hydrogen-bond acceptors (Lipinski definition) is 5. The number of amides is 1. The summed E-state index contributed by atoms with van der Waals surface area (Å²) in [6.45, 7) is 3.23. The third-order valence-electron chi connectivity index (χ3n) is 4.29. The number of carbonyl (C=O) groups excluding carboxylic acids is 1. The molecule has 0 saturated carbocycles. The van der Waals surface area contributed by atoms with Crippen molar-refractivity contribution in [3.05, 3.63) is 74.4 Å². The zero-order valence-corrected chi connectivity index (χ0v) is 16.1. The fraction of sp³-hybridized carbons (Fsp3) is 0.200. The molecule has 0 atom stereocenters. The van der Waals surface area contributed by atoms with E-state index in [1.54, 1.807) is 38.1 Å². The molecule has 0 bridgehead atoms.